The maximum absolute atomic E-state index is 8.36. The van der Waals surface area contributed by atoms with E-state index >= 15 is 0 Å². The molecule has 0 fully saturated rings. The van der Waals surface area contributed by atoms with Gasteiger partial charge in [0, 0.05) is 0 Å². The van der Waals surface area contributed by atoms with Crippen LogP contribution in [0.4, 0.5) is 5.69 Å². The summed E-state index contributed by atoms with van der Waals surface area (Å²) >= 11 is 1.78. The first-order valence-electron chi connectivity index (χ1n) is 6.38. The van der Waals surface area contributed by atoms with E-state index in [0.29, 0.717) is 0 Å². The second-order valence-electron chi connectivity index (χ2n) is 4.00. The summed E-state index contributed by atoms with van der Waals surface area (Å²) in [6.07, 6.45) is 9.46. The molecule has 1 aromatic heterocycles. The van der Waals surface area contributed by atoms with Crippen molar-refractivity contribution in [1.82, 2.24) is 10.5 Å². The molecule has 0 unspecified atom stereocenters. The van der Waals surface area contributed by atoms with Crippen LogP contribution in [-0.2, 0) is 0 Å². The van der Waals surface area contributed by atoms with Gasteiger partial charge in [-0.1, -0.05) is 32.6 Å². The van der Waals surface area contributed by atoms with Gasteiger partial charge in [-0.05, 0) is 24.3 Å². The van der Waals surface area contributed by atoms with E-state index in [2.05, 4.69) is 16.9 Å². The molecule has 0 atom stereocenters. The fourth-order valence-corrected chi connectivity index (χ4v) is 2.37. The Morgan fingerprint density at radius 2 is 2.17 bits per heavy atom. The third-order valence-corrected chi connectivity index (χ3v) is 3.52. The summed E-state index contributed by atoms with van der Waals surface area (Å²) < 4.78 is 0. The third kappa shape index (κ3) is 6.61. The highest BCUT2D eigenvalue weighted by molar-refractivity contribution is 7.99. The van der Waals surface area contributed by atoms with Crippen molar-refractivity contribution in [3.05, 3.63) is 18.3 Å². The van der Waals surface area contributed by atoms with Crippen molar-refractivity contribution in [1.29, 1.82) is 0 Å². The van der Waals surface area contributed by atoms with Crippen LogP contribution in [0.5, 0.6) is 0 Å². The molecule has 0 aromatic carbocycles. The quantitative estimate of drug-likeness (QED) is 0.235. The molecule has 0 amide bonds. The largest absolute Gasteiger partial charge is 0.290 e. The zero-order valence-corrected chi connectivity index (χ0v) is 11.6. The molecule has 0 aliphatic heterocycles. The van der Waals surface area contributed by atoms with Gasteiger partial charge >= 0.3 is 0 Å². The number of pyridine rings is 1. The van der Waals surface area contributed by atoms with Gasteiger partial charge in [0.2, 0.25) is 0 Å². The normalized spacial score (nSPS) is 11.0. The minimum atomic E-state index is 0.726. The molecule has 0 aliphatic rings. The van der Waals surface area contributed by atoms with Crippen LogP contribution in [0, 0.1) is 0 Å². The molecule has 4 nitrogen and oxygen atoms in total. The number of hydrogen-bond acceptors (Lipinski definition) is 4. The first-order valence-corrected chi connectivity index (χ1v) is 7.36. The second kappa shape index (κ2) is 9.91. The standard InChI is InChI=1S/C13H21N3OS/c1-2-3-4-5-6-9-18-13-8-7-12(10-14-13)15-11-16-17/h7-8,10-11,17H,2-6,9H2,1H3,(H,15,16). The molecule has 100 valence electrons. The van der Waals surface area contributed by atoms with Gasteiger partial charge in [0.25, 0.3) is 0 Å². The van der Waals surface area contributed by atoms with Crippen molar-refractivity contribution in [3.8, 4) is 0 Å². The fraction of sp³-hybridized carbons (Fsp3) is 0.538. The van der Waals surface area contributed by atoms with E-state index in [1.165, 1.54) is 38.4 Å². The Morgan fingerprint density at radius 3 is 2.83 bits per heavy atom. The zero-order chi connectivity index (χ0) is 13.1. The van der Waals surface area contributed by atoms with Crippen molar-refractivity contribution in [3.63, 3.8) is 0 Å². The van der Waals surface area contributed by atoms with Crippen LogP contribution in [0.25, 0.3) is 0 Å². The van der Waals surface area contributed by atoms with Gasteiger partial charge < -0.3 is 0 Å². The lowest BCUT2D eigenvalue weighted by Gasteiger charge is -2.01. The number of aromatic nitrogens is 1. The summed E-state index contributed by atoms with van der Waals surface area (Å²) in [5, 5.41) is 9.39. The molecule has 2 N–H and O–H groups in total. The van der Waals surface area contributed by atoms with Crippen molar-refractivity contribution in [2.24, 2.45) is 4.99 Å². The molecule has 1 heterocycles. The van der Waals surface area contributed by atoms with Crippen molar-refractivity contribution >= 4 is 23.8 Å². The van der Waals surface area contributed by atoms with Gasteiger partial charge in [-0.15, -0.1) is 11.8 Å². The lowest BCUT2D eigenvalue weighted by Crippen LogP contribution is -2.00. The van der Waals surface area contributed by atoms with Crippen LogP contribution in [0.3, 0.4) is 0 Å². The van der Waals surface area contributed by atoms with Crippen LogP contribution < -0.4 is 5.48 Å². The summed E-state index contributed by atoms with van der Waals surface area (Å²) in [5.41, 5.74) is 2.59. The highest BCUT2D eigenvalue weighted by Crippen LogP contribution is 2.20. The molecule has 1 rings (SSSR count). The third-order valence-electron chi connectivity index (χ3n) is 2.49. The highest BCUT2D eigenvalue weighted by atomic mass is 32.2. The van der Waals surface area contributed by atoms with E-state index in [1.54, 1.807) is 18.0 Å². The molecule has 0 spiro atoms. The SMILES string of the molecule is CCCCCCCSc1ccc(N=CNO)cn1. The Balaban J connectivity index is 2.20. The summed E-state index contributed by atoms with van der Waals surface area (Å²) in [5.74, 6) is 1.12. The minimum Gasteiger partial charge on any atom is -0.290 e. The van der Waals surface area contributed by atoms with Crippen LogP contribution in [0.15, 0.2) is 28.3 Å². The summed E-state index contributed by atoms with van der Waals surface area (Å²) in [4.78, 5) is 8.24. The predicted molar refractivity (Wildman–Crippen MR) is 76.8 cm³/mol. The zero-order valence-electron chi connectivity index (χ0n) is 10.8. The predicted octanol–water partition coefficient (Wildman–Crippen LogP) is 3.78. The Bertz CT molecular complexity index is 341. The van der Waals surface area contributed by atoms with E-state index in [9.17, 15) is 0 Å². The van der Waals surface area contributed by atoms with E-state index in [1.807, 2.05) is 17.6 Å². The van der Waals surface area contributed by atoms with Gasteiger partial charge in [0.15, 0.2) is 0 Å². The first-order chi connectivity index (χ1) is 8.86. The Labute approximate surface area is 113 Å². The minimum absolute atomic E-state index is 0.726. The average Bonchev–Trinajstić information content (AvgIpc) is 2.42. The van der Waals surface area contributed by atoms with Crippen LogP contribution in [0.1, 0.15) is 39.0 Å². The molecular formula is C13H21N3OS. The van der Waals surface area contributed by atoms with E-state index in [0.717, 1.165) is 16.5 Å². The van der Waals surface area contributed by atoms with Crippen LogP contribution in [-0.4, -0.2) is 22.3 Å². The molecular weight excluding hydrogens is 246 g/mol. The Kier molecular flexibility index (Phi) is 8.25. The molecule has 0 saturated heterocycles. The lowest BCUT2D eigenvalue weighted by atomic mass is 10.2. The lowest BCUT2D eigenvalue weighted by molar-refractivity contribution is 0.240. The summed E-state index contributed by atoms with van der Waals surface area (Å²) in [6, 6.07) is 3.85. The molecule has 5 heteroatoms. The maximum Gasteiger partial charge on any atom is 0.113 e. The van der Waals surface area contributed by atoms with E-state index in [-0.39, 0.29) is 0 Å². The molecule has 0 aliphatic carbocycles. The molecule has 1 aromatic rings. The van der Waals surface area contributed by atoms with Gasteiger partial charge in [0.05, 0.1) is 16.9 Å². The van der Waals surface area contributed by atoms with Gasteiger partial charge in [-0.3, -0.25) is 10.7 Å². The smallest absolute Gasteiger partial charge is 0.113 e. The molecule has 0 radical (unpaired) electrons. The molecule has 0 bridgehead atoms. The molecule has 18 heavy (non-hydrogen) atoms. The molecule has 0 saturated carbocycles. The number of hydroxylamine groups is 1. The van der Waals surface area contributed by atoms with Crippen LogP contribution >= 0.6 is 11.8 Å². The number of nitrogens with one attached hydrogen (secondary N) is 1. The van der Waals surface area contributed by atoms with Gasteiger partial charge in [-0.2, -0.15) is 0 Å². The second-order valence-corrected chi connectivity index (χ2v) is 5.12. The van der Waals surface area contributed by atoms with Crippen LogP contribution in [0.2, 0.25) is 0 Å². The highest BCUT2D eigenvalue weighted by Gasteiger charge is 1.96. The maximum atomic E-state index is 8.36. The van der Waals surface area contributed by atoms with Crippen molar-refractivity contribution in [2.45, 2.75) is 44.1 Å². The Morgan fingerprint density at radius 1 is 1.33 bits per heavy atom. The number of nitrogens with zero attached hydrogens (tertiary/aromatic N) is 2. The number of rotatable bonds is 9. The first kappa shape index (κ1) is 15.0. The van der Waals surface area contributed by atoms with Gasteiger partial charge in [-0.25, -0.2) is 9.98 Å². The topological polar surface area (TPSA) is 57.5 Å². The van der Waals surface area contributed by atoms with E-state index in [4.69, 9.17) is 5.21 Å². The average molecular weight is 267 g/mol. The van der Waals surface area contributed by atoms with Crippen molar-refractivity contribution < 1.29 is 5.21 Å². The van der Waals surface area contributed by atoms with Crippen molar-refractivity contribution in [2.75, 3.05) is 5.75 Å². The van der Waals surface area contributed by atoms with E-state index < -0.39 is 0 Å². The monoisotopic (exact) mass is 267 g/mol. The number of hydrogen-bond donors (Lipinski definition) is 2. The summed E-state index contributed by atoms with van der Waals surface area (Å²) in [7, 11) is 0. The fourth-order valence-electron chi connectivity index (χ4n) is 1.52. The summed E-state index contributed by atoms with van der Waals surface area (Å²) in [6.45, 7) is 2.23. The van der Waals surface area contributed by atoms with Gasteiger partial charge in [0.1, 0.15) is 6.34 Å². The number of aliphatic imine (C=N–C) groups is 1. The Hall–Kier alpha value is -1.07. The number of thioether (sulfide) groups is 1. The number of unbranched alkanes of at least 4 members (excludes halogenated alkanes) is 4.